The first-order chi connectivity index (χ1) is 11.1. The number of hydrogen-bond donors (Lipinski definition) is 1. The molecule has 1 aromatic heterocycles. The first kappa shape index (κ1) is 16.4. The number of carbonyl (C=O) groups is 1. The standard InChI is InChI=1S/C18H18N2O3/c1-3-20(4-2)15-7-5-13(6-8-15)17-10-9-16(23-17)11-14(12-19)18(21)22/h5-11H,3-4H2,1-2H3,(H,21,22)/b14-11+. The Balaban J connectivity index is 2.24. The van der Waals surface area contributed by atoms with Gasteiger partial charge in [0.15, 0.2) is 0 Å². The Kier molecular flexibility index (Phi) is 5.21. The number of anilines is 1. The third-order valence-electron chi connectivity index (χ3n) is 3.54. The second kappa shape index (κ2) is 7.32. The van der Waals surface area contributed by atoms with E-state index >= 15 is 0 Å². The van der Waals surface area contributed by atoms with E-state index in [0.717, 1.165) is 24.3 Å². The lowest BCUT2D eigenvalue weighted by Gasteiger charge is -2.20. The van der Waals surface area contributed by atoms with Crippen molar-refractivity contribution >= 4 is 17.7 Å². The molecule has 0 amide bonds. The minimum absolute atomic E-state index is 0.340. The predicted octanol–water partition coefficient (Wildman–Crippen LogP) is 3.78. The van der Waals surface area contributed by atoms with E-state index in [2.05, 4.69) is 18.7 Å². The van der Waals surface area contributed by atoms with Gasteiger partial charge in [-0.15, -0.1) is 0 Å². The average molecular weight is 310 g/mol. The fraction of sp³-hybridized carbons (Fsp3) is 0.222. The molecule has 5 heteroatoms. The Morgan fingerprint density at radius 2 is 1.87 bits per heavy atom. The SMILES string of the molecule is CCN(CC)c1ccc(-c2ccc(/C=C(\C#N)C(=O)O)o2)cc1. The maximum atomic E-state index is 10.8. The lowest BCUT2D eigenvalue weighted by atomic mass is 10.1. The molecule has 0 spiro atoms. The number of nitrogens with zero attached hydrogens (tertiary/aromatic N) is 2. The normalized spacial score (nSPS) is 11.1. The number of rotatable bonds is 6. The average Bonchev–Trinajstić information content (AvgIpc) is 3.03. The molecule has 0 bridgehead atoms. The number of nitriles is 1. The van der Waals surface area contributed by atoms with E-state index in [1.807, 2.05) is 24.3 Å². The van der Waals surface area contributed by atoms with Gasteiger partial charge in [0.05, 0.1) is 0 Å². The summed E-state index contributed by atoms with van der Waals surface area (Å²) in [4.78, 5) is 13.1. The first-order valence-corrected chi connectivity index (χ1v) is 7.39. The van der Waals surface area contributed by atoms with E-state index in [1.54, 1.807) is 18.2 Å². The monoisotopic (exact) mass is 310 g/mol. The summed E-state index contributed by atoms with van der Waals surface area (Å²) in [5.74, 6) is -0.300. The van der Waals surface area contributed by atoms with Gasteiger partial charge < -0.3 is 14.4 Å². The van der Waals surface area contributed by atoms with Crippen molar-refractivity contribution < 1.29 is 14.3 Å². The molecule has 23 heavy (non-hydrogen) atoms. The third-order valence-corrected chi connectivity index (χ3v) is 3.54. The molecule has 0 aliphatic heterocycles. The number of furan rings is 1. The summed E-state index contributed by atoms with van der Waals surface area (Å²) in [5.41, 5.74) is 1.68. The number of hydrogen-bond acceptors (Lipinski definition) is 4. The zero-order valence-corrected chi connectivity index (χ0v) is 13.1. The van der Waals surface area contributed by atoms with Crippen molar-refractivity contribution in [3.8, 4) is 17.4 Å². The molecular weight excluding hydrogens is 292 g/mol. The number of aliphatic carboxylic acids is 1. The second-order valence-corrected chi connectivity index (χ2v) is 4.90. The van der Waals surface area contributed by atoms with Gasteiger partial charge in [0.25, 0.3) is 0 Å². The topological polar surface area (TPSA) is 77.5 Å². The highest BCUT2D eigenvalue weighted by Crippen LogP contribution is 2.26. The van der Waals surface area contributed by atoms with Gasteiger partial charge in [-0.2, -0.15) is 5.26 Å². The van der Waals surface area contributed by atoms with Crippen molar-refractivity contribution in [3.63, 3.8) is 0 Å². The number of benzene rings is 1. The van der Waals surface area contributed by atoms with Crippen LogP contribution >= 0.6 is 0 Å². The van der Waals surface area contributed by atoms with Gasteiger partial charge >= 0.3 is 5.97 Å². The van der Waals surface area contributed by atoms with Crippen LogP contribution in [0.2, 0.25) is 0 Å². The summed E-state index contributed by atoms with van der Waals surface area (Å²) >= 11 is 0. The molecule has 5 nitrogen and oxygen atoms in total. The predicted molar refractivity (Wildman–Crippen MR) is 88.9 cm³/mol. The van der Waals surface area contributed by atoms with E-state index in [1.165, 1.54) is 6.08 Å². The van der Waals surface area contributed by atoms with E-state index in [0.29, 0.717) is 11.5 Å². The van der Waals surface area contributed by atoms with Gasteiger partial charge in [-0.1, -0.05) is 0 Å². The molecule has 1 heterocycles. The largest absolute Gasteiger partial charge is 0.477 e. The molecule has 0 unspecified atom stereocenters. The molecule has 0 saturated carbocycles. The van der Waals surface area contributed by atoms with Crippen LogP contribution in [0.4, 0.5) is 5.69 Å². The summed E-state index contributed by atoms with van der Waals surface area (Å²) in [5, 5.41) is 17.6. The van der Waals surface area contributed by atoms with Crippen molar-refractivity contribution in [3.05, 3.63) is 47.7 Å². The Hall–Kier alpha value is -3.00. The highest BCUT2D eigenvalue weighted by molar-refractivity contribution is 5.96. The van der Waals surface area contributed by atoms with Crippen LogP contribution in [0, 0.1) is 11.3 Å². The maximum absolute atomic E-state index is 10.8. The molecule has 1 N–H and O–H groups in total. The molecule has 118 valence electrons. The Morgan fingerprint density at radius 1 is 1.22 bits per heavy atom. The second-order valence-electron chi connectivity index (χ2n) is 4.90. The highest BCUT2D eigenvalue weighted by Gasteiger charge is 2.09. The highest BCUT2D eigenvalue weighted by atomic mass is 16.4. The van der Waals surface area contributed by atoms with Crippen molar-refractivity contribution in [2.45, 2.75) is 13.8 Å². The lowest BCUT2D eigenvalue weighted by Crippen LogP contribution is -2.21. The third kappa shape index (κ3) is 3.80. The molecule has 0 aliphatic rings. The molecule has 0 aliphatic carbocycles. The summed E-state index contributed by atoms with van der Waals surface area (Å²) in [7, 11) is 0. The zero-order valence-electron chi connectivity index (χ0n) is 13.1. The fourth-order valence-corrected chi connectivity index (χ4v) is 2.29. The summed E-state index contributed by atoms with van der Waals surface area (Å²) < 4.78 is 5.60. The molecule has 2 rings (SSSR count). The van der Waals surface area contributed by atoms with Crippen molar-refractivity contribution in [1.29, 1.82) is 5.26 Å². The number of carboxylic acid groups (broad SMARTS) is 1. The van der Waals surface area contributed by atoms with Gasteiger partial charge in [-0.3, -0.25) is 0 Å². The molecule has 2 aromatic rings. The van der Waals surface area contributed by atoms with Gasteiger partial charge in [-0.25, -0.2) is 4.79 Å². The van der Waals surface area contributed by atoms with Crippen LogP contribution in [0.15, 0.2) is 46.4 Å². The molecule has 0 atom stereocenters. The van der Waals surface area contributed by atoms with Crippen molar-refractivity contribution in [2.75, 3.05) is 18.0 Å². The number of carboxylic acids is 1. The first-order valence-electron chi connectivity index (χ1n) is 7.39. The Bertz CT molecular complexity index is 747. The molecule has 1 aromatic carbocycles. The minimum Gasteiger partial charge on any atom is -0.477 e. The van der Waals surface area contributed by atoms with Crippen LogP contribution in [-0.4, -0.2) is 24.2 Å². The summed E-state index contributed by atoms with van der Waals surface area (Å²) in [6.07, 6.45) is 1.22. The van der Waals surface area contributed by atoms with Crippen LogP contribution < -0.4 is 4.90 Å². The van der Waals surface area contributed by atoms with Crippen molar-refractivity contribution in [1.82, 2.24) is 0 Å². The quantitative estimate of drug-likeness (QED) is 0.649. The zero-order chi connectivity index (χ0) is 16.8. The van der Waals surface area contributed by atoms with Gasteiger partial charge in [0.1, 0.15) is 23.2 Å². The maximum Gasteiger partial charge on any atom is 0.346 e. The van der Waals surface area contributed by atoms with E-state index in [4.69, 9.17) is 14.8 Å². The molecule has 0 saturated heterocycles. The van der Waals surface area contributed by atoms with Gasteiger partial charge in [-0.05, 0) is 50.2 Å². The Labute approximate surface area is 135 Å². The molecular formula is C18H18N2O3. The van der Waals surface area contributed by atoms with Gasteiger partial charge in [0.2, 0.25) is 0 Å². The Morgan fingerprint density at radius 3 is 2.39 bits per heavy atom. The van der Waals surface area contributed by atoms with Crippen LogP contribution in [0.1, 0.15) is 19.6 Å². The van der Waals surface area contributed by atoms with E-state index < -0.39 is 5.97 Å². The minimum atomic E-state index is -1.27. The summed E-state index contributed by atoms with van der Waals surface area (Å²) in [6.45, 7) is 6.10. The van der Waals surface area contributed by atoms with E-state index in [9.17, 15) is 4.79 Å². The van der Waals surface area contributed by atoms with Crippen LogP contribution in [0.3, 0.4) is 0 Å². The van der Waals surface area contributed by atoms with Crippen LogP contribution in [0.5, 0.6) is 0 Å². The molecule has 0 radical (unpaired) electrons. The fourth-order valence-electron chi connectivity index (χ4n) is 2.29. The lowest BCUT2D eigenvalue weighted by molar-refractivity contribution is -0.132. The smallest absolute Gasteiger partial charge is 0.346 e. The summed E-state index contributed by atoms with van der Waals surface area (Å²) in [6, 6.07) is 13.0. The van der Waals surface area contributed by atoms with E-state index in [-0.39, 0.29) is 5.57 Å². The van der Waals surface area contributed by atoms with Crippen molar-refractivity contribution in [2.24, 2.45) is 0 Å². The van der Waals surface area contributed by atoms with Crippen LogP contribution in [-0.2, 0) is 4.79 Å². The van der Waals surface area contributed by atoms with Crippen LogP contribution in [0.25, 0.3) is 17.4 Å². The van der Waals surface area contributed by atoms with Gasteiger partial charge in [0, 0.05) is 30.4 Å². The molecule has 0 fully saturated rings.